The molecule has 0 saturated heterocycles. The molecule has 78 valence electrons. The lowest BCUT2D eigenvalue weighted by molar-refractivity contribution is -0.129. The third kappa shape index (κ3) is 1.30. The first-order valence-corrected chi connectivity index (χ1v) is 5.39. The van der Waals surface area contributed by atoms with E-state index in [0.717, 1.165) is 12.8 Å². The smallest absolute Gasteiger partial charge is 0.133 e. The van der Waals surface area contributed by atoms with Gasteiger partial charge in [0.1, 0.15) is 5.78 Å². The second kappa shape index (κ2) is 3.14. The Kier molecular flexibility index (Phi) is 1.89. The van der Waals surface area contributed by atoms with E-state index >= 15 is 0 Å². The Hall–Kier alpha value is -1.22. The van der Waals surface area contributed by atoms with Crippen LogP contribution in [0.3, 0.4) is 0 Å². The molecule has 1 aromatic rings. The Balaban J connectivity index is 1.98. The van der Waals surface area contributed by atoms with Crippen LogP contribution in [0.2, 0.25) is 0 Å². The van der Waals surface area contributed by atoms with E-state index in [1.807, 2.05) is 12.3 Å². The van der Waals surface area contributed by atoms with Gasteiger partial charge in [-0.25, -0.2) is 0 Å². The number of aromatic nitrogens is 1. The van der Waals surface area contributed by atoms with E-state index in [1.165, 1.54) is 11.1 Å². The topological polar surface area (TPSA) is 39.2 Å². The molecule has 15 heavy (non-hydrogen) atoms. The summed E-state index contributed by atoms with van der Waals surface area (Å²) < 4.78 is 5.91. The number of fused-ring (bicyclic) bond motifs is 2. The van der Waals surface area contributed by atoms with Crippen LogP contribution in [-0.4, -0.2) is 10.8 Å². The minimum absolute atomic E-state index is 0.197. The monoisotopic (exact) mass is 203 g/mol. The molecule has 0 aromatic carbocycles. The fraction of sp³-hybridized carbons (Fsp3) is 0.500. The number of nitrogens with zero attached hydrogens (tertiary/aromatic N) is 1. The van der Waals surface area contributed by atoms with E-state index in [2.05, 4.69) is 4.98 Å². The number of rotatable bonds is 0. The molecule has 0 bridgehead atoms. The van der Waals surface area contributed by atoms with Crippen molar-refractivity contribution in [3.8, 4) is 0 Å². The Morgan fingerprint density at radius 2 is 2.13 bits per heavy atom. The first-order valence-electron chi connectivity index (χ1n) is 5.39. The number of carbonyl (C=O) groups excluding carboxylic acids is 1. The van der Waals surface area contributed by atoms with Crippen molar-refractivity contribution in [3.05, 3.63) is 29.6 Å². The number of ether oxygens (including phenoxy) is 1. The molecular formula is C12H13NO2. The molecule has 3 rings (SSSR count). The number of hydrogen-bond donors (Lipinski definition) is 0. The summed E-state index contributed by atoms with van der Waals surface area (Å²) in [6.45, 7) is 0.673. The molecule has 3 heteroatoms. The molecular weight excluding hydrogens is 190 g/mol. The quantitative estimate of drug-likeness (QED) is 0.647. The van der Waals surface area contributed by atoms with E-state index in [9.17, 15) is 4.79 Å². The third-order valence-electron chi connectivity index (χ3n) is 3.52. The lowest BCUT2D eigenvalue weighted by atomic mass is 9.79. The summed E-state index contributed by atoms with van der Waals surface area (Å²) in [6, 6.07) is 2.01. The lowest BCUT2D eigenvalue weighted by Crippen LogP contribution is -2.31. The molecule has 0 N–H and O–H groups in total. The van der Waals surface area contributed by atoms with Crippen LogP contribution >= 0.6 is 0 Å². The number of pyridine rings is 1. The predicted octanol–water partition coefficient (Wildman–Crippen LogP) is 1.95. The van der Waals surface area contributed by atoms with Crippen LogP contribution in [0.5, 0.6) is 0 Å². The van der Waals surface area contributed by atoms with Gasteiger partial charge in [0, 0.05) is 30.8 Å². The van der Waals surface area contributed by atoms with Crippen molar-refractivity contribution in [1.82, 2.24) is 4.98 Å². The first kappa shape index (κ1) is 9.04. The zero-order valence-corrected chi connectivity index (χ0v) is 8.53. The summed E-state index contributed by atoms with van der Waals surface area (Å²) in [5.74, 6) is 0.363. The van der Waals surface area contributed by atoms with E-state index in [1.54, 1.807) is 6.20 Å². The fourth-order valence-electron chi connectivity index (χ4n) is 2.60. The standard InChI is InChI=1S/C12H13NO2/c14-10-1-4-12(5-2-10)11-7-13-6-3-9(11)8-15-12/h3,6-7H,1-2,4-5,8H2. The van der Waals surface area contributed by atoms with E-state index < -0.39 is 0 Å². The third-order valence-corrected chi connectivity index (χ3v) is 3.52. The Labute approximate surface area is 88.5 Å². The van der Waals surface area contributed by atoms with Crippen LogP contribution < -0.4 is 0 Å². The van der Waals surface area contributed by atoms with Gasteiger partial charge in [0.15, 0.2) is 0 Å². The van der Waals surface area contributed by atoms with Crippen LogP contribution in [0.1, 0.15) is 36.8 Å². The van der Waals surface area contributed by atoms with Crippen molar-refractivity contribution in [2.24, 2.45) is 0 Å². The highest BCUT2D eigenvalue weighted by molar-refractivity contribution is 5.79. The summed E-state index contributed by atoms with van der Waals surface area (Å²) in [6.07, 6.45) is 6.64. The average molecular weight is 203 g/mol. The summed E-state index contributed by atoms with van der Waals surface area (Å²) in [7, 11) is 0. The normalized spacial score (nSPS) is 23.1. The Morgan fingerprint density at radius 3 is 2.93 bits per heavy atom. The highest BCUT2D eigenvalue weighted by atomic mass is 16.5. The van der Waals surface area contributed by atoms with E-state index in [0.29, 0.717) is 25.2 Å². The molecule has 1 fully saturated rings. The van der Waals surface area contributed by atoms with Crippen molar-refractivity contribution in [3.63, 3.8) is 0 Å². The van der Waals surface area contributed by atoms with Gasteiger partial charge in [-0.3, -0.25) is 9.78 Å². The summed E-state index contributed by atoms with van der Waals surface area (Å²) in [4.78, 5) is 15.4. The van der Waals surface area contributed by atoms with Gasteiger partial charge in [-0.05, 0) is 24.5 Å². The Bertz CT molecular complexity index is 404. The van der Waals surface area contributed by atoms with Gasteiger partial charge >= 0.3 is 0 Å². The molecule has 0 atom stereocenters. The zero-order chi connectivity index (χ0) is 10.3. The number of carbonyl (C=O) groups is 1. The van der Waals surface area contributed by atoms with Gasteiger partial charge in [-0.1, -0.05) is 0 Å². The first-order chi connectivity index (χ1) is 7.30. The van der Waals surface area contributed by atoms with Crippen molar-refractivity contribution in [2.75, 3.05) is 0 Å². The zero-order valence-electron chi connectivity index (χ0n) is 8.53. The number of Topliss-reactive ketones (excluding diaryl/α,β-unsaturated/α-hetero) is 1. The predicted molar refractivity (Wildman–Crippen MR) is 54.2 cm³/mol. The van der Waals surface area contributed by atoms with E-state index in [-0.39, 0.29) is 5.60 Å². The van der Waals surface area contributed by atoms with Crippen LogP contribution in [0, 0.1) is 0 Å². The van der Waals surface area contributed by atoms with Gasteiger partial charge in [0.05, 0.1) is 12.2 Å². The number of hydrogen-bond acceptors (Lipinski definition) is 3. The molecule has 0 unspecified atom stereocenters. The van der Waals surface area contributed by atoms with Crippen molar-refractivity contribution < 1.29 is 9.53 Å². The molecule has 0 radical (unpaired) electrons. The molecule has 2 aliphatic rings. The highest BCUT2D eigenvalue weighted by Gasteiger charge is 2.42. The maximum Gasteiger partial charge on any atom is 0.133 e. The summed E-state index contributed by atoms with van der Waals surface area (Å²) in [5.41, 5.74) is 2.24. The maximum absolute atomic E-state index is 11.2. The average Bonchev–Trinajstić information content (AvgIpc) is 2.63. The van der Waals surface area contributed by atoms with Crippen LogP contribution in [0.25, 0.3) is 0 Å². The van der Waals surface area contributed by atoms with Crippen molar-refractivity contribution in [1.29, 1.82) is 0 Å². The van der Waals surface area contributed by atoms with Crippen molar-refractivity contribution in [2.45, 2.75) is 37.9 Å². The second-order valence-corrected chi connectivity index (χ2v) is 4.35. The van der Waals surface area contributed by atoms with Gasteiger partial charge in [0.2, 0.25) is 0 Å². The molecule has 1 aliphatic heterocycles. The molecule has 1 saturated carbocycles. The van der Waals surface area contributed by atoms with Gasteiger partial charge < -0.3 is 4.74 Å². The van der Waals surface area contributed by atoms with Crippen LogP contribution in [0.15, 0.2) is 18.5 Å². The highest BCUT2D eigenvalue weighted by Crippen LogP contribution is 2.45. The van der Waals surface area contributed by atoms with Gasteiger partial charge in [0.25, 0.3) is 0 Å². The molecule has 1 aliphatic carbocycles. The Morgan fingerprint density at radius 1 is 1.33 bits per heavy atom. The van der Waals surface area contributed by atoms with E-state index in [4.69, 9.17) is 4.74 Å². The summed E-state index contributed by atoms with van der Waals surface area (Å²) in [5, 5.41) is 0. The minimum Gasteiger partial charge on any atom is -0.366 e. The van der Waals surface area contributed by atoms with Gasteiger partial charge in [-0.2, -0.15) is 0 Å². The molecule has 1 aromatic heterocycles. The van der Waals surface area contributed by atoms with Crippen LogP contribution in [0.4, 0.5) is 0 Å². The maximum atomic E-state index is 11.2. The van der Waals surface area contributed by atoms with Gasteiger partial charge in [-0.15, -0.1) is 0 Å². The lowest BCUT2D eigenvalue weighted by Gasteiger charge is -2.32. The fourth-order valence-corrected chi connectivity index (χ4v) is 2.60. The molecule has 0 amide bonds. The molecule has 1 spiro atoms. The largest absolute Gasteiger partial charge is 0.366 e. The van der Waals surface area contributed by atoms with Crippen molar-refractivity contribution >= 4 is 5.78 Å². The molecule has 2 heterocycles. The van der Waals surface area contributed by atoms with Crippen LogP contribution in [-0.2, 0) is 21.7 Å². The molecule has 3 nitrogen and oxygen atoms in total. The second-order valence-electron chi connectivity index (χ2n) is 4.35. The SMILES string of the molecule is O=C1CCC2(CC1)OCc1ccncc12. The summed E-state index contributed by atoms with van der Waals surface area (Å²) >= 11 is 0. The minimum atomic E-state index is -0.197. The number of ketones is 1.